The quantitative estimate of drug-likeness (QED) is 0.847. The molecule has 6 heteroatoms. The summed E-state index contributed by atoms with van der Waals surface area (Å²) in [6.07, 6.45) is -3.71. The second-order valence-corrected chi connectivity index (χ2v) is 6.37. The highest BCUT2D eigenvalue weighted by Crippen LogP contribution is 2.33. The minimum absolute atomic E-state index is 0.0921. The van der Waals surface area contributed by atoms with Crippen molar-refractivity contribution >= 4 is 11.6 Å². The second-order valence-electron chi connectivity index (χ2n) is 6.37. The smallest absolute Gasteiger partial charge is 0.365 e. The van der Waals surface area contributed by atoms with Crippen LogP contribution in [-0.2, 0) is 4.79 Å². The third-order valence-electron chi connectivity index (χ3n) is 4.39. The third kappa shape index (κ3) is 4.39. The van der Waals surface area contributed by atoms with E-state index >= 15 is 0 Å². The van der Waals surface area contributed by atoms with Crippen molar-refractivity contribution in [3.05, 3.63) is 29.3 Å². The van der Waals surface area contributed by atoms with Crippen molar-refractivity contribution in [2.45, 2.75) is 32.9 Å². The first kappa shape index (κ1) is 17.6. The molecule has 1 aromatic rings. The van der Waals surface area contributed by atoms with E-state index in [1.807, 2.05) is 36.9 Å². The van der Waals surface area contributed by atoms with E-state index in [0.29, 0.717) is 13.0 Å². The summed E-state index contributed by atoms with van der Waals surface area (Å²) >= 11 is 0. The Morgan fingerprint density at radius 3 is 2.70 bits per heavy atom. The van der Waals surface area contributed by atoms with Gasteiger partial charge < -0.3 is 9.80 Å². The lowest BCUT2D eigenvalue weighted by Crippen LogP contribution is -2.47. The maximum Gasteiger partial charge on any atom is 0.393 e. The zero-order valence-corrected chi connectivity index (χ0v) is 13.8. The Hall–Kier alpha value is -1.72. The van der Waals surface area contributed by atoms with Gasteiger partial charge in [-0.25, -0.2) is 0 Å². The third-order valence-corrected chi connectivity index (χ3v) is 4.39. The first-order chi connectivity index (χ1) is 10.7. The van der Waals surface area contributed by atoms with Gasteiger partial charge in [-0.1, -0.05) is 12.1 Å². The van der Waals surface area contributed by atoms with Crippen molar-refractivity contribution < 1.29 is 18.0 Å². The van der Waals surface area contributed by atoms with Gasteiger partial charge in [-0.15, -0.1) is 0 Å². The molecule has 1 fully saturated rings. The van der Waals surface area contributed by atoms with E-state index in [1.165, 1.54) is 4.90 Å². The summed E-state index contributed by atoms with van der Waals surface area (Å²) < 4.78 is 38.6. The van der Waals surface area contributed by atoms with Gasteiger partial charge in [-0.05, 0) is 43.9 Å². The fraction of sp³-hybridized carbons (Fsp3) is 0.588. The average Bonchev–Trinajstić information content (AvgIpc) is 2.48. The Labute approximate surface area is 135 Å². The van der Waals surface area contributed by atoms with Crippen LogP contribution in [0.4, 0.5) is 18.9 Å². The standard InChI is InChI=1S/C17H23F3N2O/c1-12-6-7-13(2)15(9-12)21(3)11-16(23)22-8-4-5-14(10-22)17(18,19)20/h6-7,9,14H,4-5,8,10-11H2,1-3H3. The van der Waals surface area contributed by atoms with Crippen molar-refractivity contribution in [3.63, 3.8) is 0 Å². The first-order valence-corrected chi connectivity index (χ1v) is 7.81. The molecule has 128 valence electrons. The van der Waals surface area contributed by atoms with Crippen molar-refractivity contribution in [2.75, 3.05) is 31.6 Å². The monoisotopic (exact) mass is 328 g/mol. The van der Waals surface area contributed by atoms with E-state index in [9.17, 15) is 18.0 Å². The van der Waals surface area contributed by atoms with E-state index in [0.717, 1.165) is 16.8 Å². The number of alkyl halides is 3. The molecular formula is C17H23F3N2O. The van der Waals surface area contributed by atoms with Crippen LogP contribution in [0.2, 0.25) is 0 Å². The molecule has 0 radical (unpaired) electrons. The van der Waals surface area contributed by atoms with Crippen LogP contribution in [0.3, 0.4) is 0 Å². The molecule has 23 heavy (non-hydrogen) atoms. The minimum atomic E-state index is -4.22. The number of hydrogen-bond acceptors (Lipinski definition) is 2. The molecular weight excluding hydrogens is 305 g/mol. The topological polar surface area (TPSA) is 23.6 Å². The van der Waals surface area contributed by atoms with Gasteiger partial charge >= 0.3 is 6.18 Å². The number of benzene rings is 1. The number of halogens is 3. The number of likely N-dealkylation sites (tertiary alicyclic amines) is 1. The van der Waals surface area contributed by atoms with Crippen LogP contribution in [0, 0.1) is 19.8 Å². The molecule has 1 heterocycles. The summed E-state index contributed by atoms with van der Waals surface area (Å²) in [5, 5.41) is 0. The summed E-state index contributed by atoms with van der Waals surface area (Å²) in [4.78, 5) is 15.5. The summed E-state index contributed by atoms with van der Waals surface area (Å²) in [7, 11) is 1.80. The molecule has 1 atom stereocenters. The van der Waals surface area contributed by atoms with E-state index in [4.69, 9.17) is 0 Å². The minimum Gasteiger partial charge on any atom is -0.365 e. The van der Waals surface area contributed by atoms with Crippen LogP contribution in [0.1, 0.15) is 24.0 Å². The highest BCUT2D eigenvalue weighted by atomic mass is 19.4. The van der Waals surface area contributed by atoms with E-state index in [-0.39, 0.29) is 25.4 Å². The lowest BCUT2D eigenvalue weighted by Gasteiger charge is -2.35. The SMILES string of the molecule is Cc1ccc(C)c(N(C)CC(=O)N2CCCC(C(F)(F)F)C2)c1. The predicted octanol–water partition coefficient (Wildman–Crippen LogP) is 3.54. The fourth-order valence-electron chi connectivity index (χ4n) is 2.99. The maximum atomic E-state index is 12.9. The normalized spacial score (nSPS) is 18.9. The molecule has 0 aliphatic carbocycles. The molecule has 0 spiro atoms. The molecule has 1 aliphatic rings. The molecule has 1 amide bonds. The zero-order chi connectivity index (χ0) is 17.2. The number of amides is 1. The van der Waals surface area contributed by atoms with Gasteiger partial charge in [0.1, 0.15) is 0 Å². The average molecular weight is 328 g/mol. The number of rotatable bonds is 3. The van der Waals surface area contributed by atoms with Gasteiger partial charge in [0.05, 0.1) is 12.5 Å². The van der Waals surface area contributed by atoms with Gasteiger partial charge in [0, 0.05) is 25.8 Å². The first-order valence-electron chi connectivity index (χ1n) is 7.81. The number of likely N-dealkylation sites (N-methyl/N-ethyl adjacent to an activating group) is 1. The Morgan fingerprint density at radius 2 is 2.04 bits per heavy atom. The van der Waals surface area contributed by atoms with Gasteiger partial charge in [0.15, 0.2) is 0 Å². The van der Waals surface area contributed by atoms with Crippen LogP contribution in [0.15, 0.2) is 18.2 Å². The fourth-order valence-corrected chi connectivity index (χ4v) is 2.99. The number of carbonyl (C=O) groups is 1. The number of nitrogens with zero attached hydrogens (tertiary/aromatic N) is 2. The van der Waals surface area contributed by atoms with Crippen molar-refractivity contribution in [2.24, 2.45) is 5.92 Å². The molecule has 3 nitrogen and oxygen atoms in total. The van der Waals surface area contributed by atoms with Gasteiger partial charge in [0.25, 0.3) is 0 Å². The van der Waals surface area contributed by atoms with Crippen molar-refractivity contribution in [1.29, 1.82) is 0 Å². The van der Waals surface area contributed by atoms with Gasteiger partial charge in [-0.3, -0.25) is 4.79 Å². The van der Waals surface area contributed by atoms with E-state index in [2.05, 4.69) is 0 Å². The molecule has 1 aromatic carbocycles. The molecule has 2 rings (SSSR count). The Balaban J connectivity index is 2.02. The van der Waals surface area contributed by atoms with Gasteiger partial charge in [0.2, 0.25) is 5.91 Å². The van der Waals surface area contributed by atoms with Crippen LogP contribution in [-0.4, -0.2) is 43.7 Å². The molecule has 0 aromatic heterocycles. The second kappa shape index (κ2) is 6.81. The highest BCUT2D eigenvalue weighted by Gasteiger charge is 2.42. The van der Waals surface area contributed by atoms with E-state index < -0.39 is 12.1 Å². The Morgan fingerprint density at radius 1 is 1.35 bits per heavy atom. The Kier molecular flexibility index (Phi) is 5.22. The molecule has 1 unspecified atom stereocenters. The molecule has 1 saturated heterocycles. The van der Waals surface area contributed by atoms with Crippen molar-refractivity contribution in [1.82, 2.24) is 4.90 Å². The summed E-state index contributed by atoms with van der Waals surface area (Å²) in [5.41, 5.74) is 3.06. The van der Waals surface area contributed by atoms with Gasteiger partial charge in [-0.2, -0.15) is 13.2 Å². The summed E-state index contributed by atoms with van der Waals surface area (Å²) in [6, 6.07) is 5.95. The van der Waals surface area contributed by atoms with Crippen LogP contribution >= 0.6 is 0 Å². The number of piperidine rings is 1. The zero-order valence-electron chi connectivity index (χ0n) is 13.8. The summed E-state index contributed by atoms with van der Waals surface area (Å²) in [5.74, 6) is -1.64. The maximum absolute atomic E-state index is 12.9. The molecule has 0 bridgehead atoms. The predicted molar refractivity (Wildman–Crippen MR) is 84.5 cm³/mol. The number of hydrogen-bond donors (Lipinski definition) is 0. The van der Waals surface area contributed by atoms with Crippen molar-refractivity contribution in [3.8, 4) is 0 Å². The van der Waals surface area contributed by atoms with Crippen LogP contribution < -0.4 is 4.90 Å². The van der Waals surface area contributed by atoms with Crippen LogP contribution in [0.25, 0.3) is 0 Å². The highest BCUT2D eigenvalue weighted by molar-refractivity contribution is 5.81. The number of carbonyl (C=O) groups excluding carboxylic acids is 1. The largest absolute Gasteiger partial charge is 0.393 e. The summed E-state index contributed by atoms with van der Waals surface area (Å²) in [6.45, 7) is 4.21. The molecule has 1 aliphatic heterocycles. The van der Waals surface area contributed by atoms with Crippen LogP contribution in [0.5, 0.6) is 0 Å². The molecule has 0 N–H and O–H groups in total. The molecule has 0 saturated carbocycles. The van der Waals surface area contributed by atoms with E-state index in [1.54, 1.807) is 7.05 Å². The number of anilines is 1. The Bertz CT molecular complexity index is 571. The lowest BCUT2D eigenvalue weighted by molar-refractivity contribution is -0.187. The lowest BCUT2D eigenvalue weighted by atomic mass is 9.97. The number of aryl methyl sites for hydroxylation is 2.